The van der Waals surface area contributed by atoms with Crippen molar-refractivity contribution >= 4 is 16.0 Å². The van der Waals surface area contributed by atoms with Gasteiger partial charge in [-0.3, -0.25) is 4.79 Å². The molecule has 0 radical (unpaired) electrons. The molecule has 2 N–H and O–H groups in total. The number of carbonyl (C=O) groups excluding carboxylic acids is 1. The molecule has 2 aromatic carbocycles. The molecule has 0 saturated carbocycles. The second-order valence-electron chi connectivity index (χ2n) is 5.71. The van der Waals surface area contributed by atoms with Gasteiger partial charge in [-0.2, -0.15) is 4.72 Å². The Morgan fingerprint density at radius 1 is 1.17 bits per heavy atom. The first-order valence-electron chi connectivity index (χ1n) is 7.84. The quantitative estimate of drug-likeness (QED) is 0.510. The number of sulfonamides is 1. The first-order chi connectivity index (χ1) is 13.4. The van der Waals surface area contributed by atoms with Gasteiger partial charge in [-0.1, -0.05) is 6.07 Å². The van der Waals surface area contributed by atoms with E-state index in [4.69, 9.17) is 0 Å². The van der Waals surface area contributed by atoms with Gasteiger partial charge in [0.05, 0.1) is 12.0 Å². The first-order valence-corrected chi connectivity index (χ1v) is 9.33. The summed E-state index contributed by atoms with van der Waals surface area (Å²) in [5.74, 6) is -3.18. The van der Waals surface area contributed by atoms with Gasteiger partial charge >= 0.3 is 12.3 Å². The molecule has 158 valence electrons. The molecular formula is C17H15F4NO6S. The van der Waals surface area contributed by atoms with Crippen LogP contribution in [0.2, 0.25) is 0 Å². The van der Waals surface area contributed by atoms with E-state index in [2.05, 4.69) is 14.2 Å². The van der Waals surface area contributed by atoms with E-state index < -0.39 is 50.6 Å². The van der Waals surface area contributed by atoms with Crippen LogP contribution in [0.1, 0.15) is 5.56 Å². The van der Waals surface area contributed by atoms with E-state index in [1.165, 1.54) is 6.07 Å². The Morgan fingerprint density at radius 2 is 1.79 bits per heavy atom. The van der Waals surface area contributed by atoms with Crippen LogP contribution in [0, 0.1) is 5.82 Å². The van der Waals surface area contributed by atoms with Crippen LogP contribution in [-0.4, -0.2) is 39.0 Å². The summed E-state index contributed by atoms with van der Waals surface area (Å²) in [6, 6.07) is 5.09. The third-order valence-corrected chi connectivity index (χ3v) is 5.09. The third kappa shape index (κ3) is 6.32. The van der Waals surface area contributed by atoms with Gasteiger partial charge in [0.25, 0.3) is 0 Å². The number of alkyl halides is 3. The van der Waals surface area contributed by atoms with Crippen molar-refractivity contribution < 1.29 is 45.4 Å². The van der Waals surface area contributed by atoms with Gasteiger partial charge < -0.3 is 14.6 Å². The zero-order valence-electron chi connectivity index (χ0n) is 14.7. The van der Waals surface area contributed by atoms with Crippen molar-refractivity contribution in [1.29, 1.82) is 0 Å². The lowest BCUT2D eigenvalue weighted by Crippen LogP contribution is -2.43. The zero-order valence-corrected chi connectivity index (χ0v) is 15.6. The SMILES string of the molecule is COC(=O)[C@@H](Cc1ccc(O)c(F)c1)NS(=O)(=O)c1ccc(OC(F)(F)F)cc1. The molecule has 0 aromatic heterocycles. The van der Waals surface area contributed by atoms with Gasteiger partial charge in [0.1, 0.15) is 11.8 Å². The number of benzene rings is 2. The molecule has 0 aliphatic carbocycles. The van der Waals surface area contributed by atoms with E-state index in [0.29, 0.717) is 0 Å². The number of aromatic hydroxyl groups is 1. The van der Waals surface area contributed by atoms with Crippen LogP contribution in [0.5, 0.6) is 11.5 Å². The predicted octanol–water partition coefficient (Wildman–Crippen LogP) is 2.49. The molecule has 0 aliphatic heterocycles. The molecule has 0 unspecified atom stereocenters. The minimum absolute atomic E-state index is 0.187. The summed E-state index contributed by atoms with van der Waals surface area (Å²) < 4.78 is 85.3. The molecule has 12 heteroatoms. The monoisotopic (exact) mass is 437 g/mol. The van der Waals surface area contributed by atoms with Crippen molar-refractivity contribution in [3.8, 4) is 11.5 Å². The topological polar surface area (TPSA) is 102 Å². The van der Waals surface area contributed by atoms with Crippen molar-refractivity contribution in [2.24, 2.45) is 0 Å². The fourth-order valence-corrected chi connectivity index (χ4v) is 3.49. The number of phenolic OH excluding ortho intramolecular Hbond substituents is 1. The Labute approximate surface area is 162 Å². The van der Waals surface area contributed by atoms with E-state index in [0.717, 1.165) is 43.5 Å². The van der Waals surface area contributed by atoms with E-state index >= 15 is 0 Å². The molecule has 0 bridgehead atoms. The average Bonchev–Trinajstić information content (AvgIpc) is 2.62. The molecule has 0 heterocycles. The van der Waals surface area contributed by atoms with Crippen LogP contribution in [0.3, 0.4) is 0 Å². The molecular weight excluding hydrogens is 422 g/mol. The fraction of sp³-hybridized carbons (Fsp3) is 0.235. The summed E-state index contributed by atoms with van der Waals surface area (Å²) in [4.78, 5) is 11.5. The number of carbonyl (C=O) groups is 1. The minimum Gasteiger partial charge on any atom is -0.505 e. The summed E-state index contributed by atoms with van der Waals surface area (Å²) in [6.45, 7) is 0. The molecule has 2 aromatic rings. The van der Waals surface area contributed by atoms with Gasteiger partial charge in [-0.25, -0.2) is 12.8 Å². The van der Waals surface area contributed by atoms with Crippen LogP contribution in [0.15, 0.2) is 47.4 Å². The van der Waals surface area contributed by atoms with Crippen molar-refractivity contribution in [2.45, 2.75) is 23.7 Å². The Morgan fingerprint density at radius 3 is 2.31 bits per heavy atom. The Kier molecular flexibility index (Phi) is 6.69. The minimum atomic E-state index is -4.94. The number of phenols is 1. The van der Waals surface area contributed by atoms with Crippen LogP contribution >= 0.6 is 0 Å². The van der Waals surface area contributed by atoms with Crippen LogP contribution in [0.25, 0.3) is 0 Å². The van der Waals surface area contributed by atoms with Gasteiger partial charge in [0, 0.05) is 0 Å². The largest absolute Gasteiger partial charge is 0.573 e. The molecule has 0 aliphatic rings. The van der Waals surface area contributed by atoms with Crippen molar-refractivity contribution in [1.82, 2.24) is 4.72 Å². The second-order valence-corrected chi connectivity index (χ2v) is 7.42. The normalized spacial score (nSPS) is 13.0. The van der Waals surface area contributed by atoms with E-state index in [9.17, 15) is 35.9 Å². The predicted molar refractivity (Wildman–Crippen MR) is 91.0 cm³/mol. The molecule has 7 nitrogen and oxygen atoms in total. The lowest BCUT2D eigenvalue weighted by atomic mass is 10.1. The lowest BCUT2D eigenvalue weighted by Gasteiger charge is -2.17. The van der Waals surface area contributed by atoms with E-state index in [1.54, 1.807) is 0 Å². The highest BCUT2D eigenvalue weighted by molar-refractivity contribution is 7.89. The highest BCUT2D eigenvalue weighted by Gasteiger charge is 2.31. The maximum atomic E-state index is 13.5. The summed E-state index contributed by atoms with van der Waals surface area (Å²) >= 11 is 0. The molecule has 0 spiro atoms. The highest BCUT2D eigenvalue weighted by atomic mass is 32.2. The van der Waals surface area contributed by atoms with Gasteiger partial charge in [-0.05, 0) is 48.4 Å². The molecule has 0 amide bonds. The summed E-state index contributed by atoms with van der Waals surface area (Å²) in [5, 5.41) is 9.20. The number of rotatable bonds is 7. The van der Waals surface area contributed by atoms with Crippen molar-refractivity contribution in [3.05, 3.63) is 53.8 Å². The zero-order chi connectivity index (χ0) is 21.8. The van der Waals surface area contributed by atoms with E-state index in [-0.39, 0.29) is 12.0 Å². The Bertz CT molecular complexity index is 976. The third-order valence-electron chi connectivity index (χ3n) is 3.60. The smallest absolute Gasteiger partial charge is 0.505 e. The maximum absolute atomic E-state index is 13.5. The fourth-order valence-electron chi connectivity index (χ4n) is 2.30. The number of hydrogen-bond donors (Lipinski definition) is 2. The standard InChI is InChI=1S/C17H15F4NO6S/c1-27-16(24)14(9-10-2-7-15(23)13(18)8-10)22-29(25,26)12-5-3-11(4-6-12)28-17(19,20)21/h2-8,14,22-23H,9H2,1H3/t14-/m1/s1. The molecule has 0 saturated heterocycles. The molecule has 1 atom stereocenters. The average molecular weight is 437 g/mol. The number of hydrogen-bond acceptors (Lipinski definition) is 6. The molecule has 29 heavy (non-hydrogen) atoms. The van der Waals surface area contributed by atoms with Crippen LogP contribution in [0.4, 0.5) is 17.6 Å². The summed E-state index contributed by atoms with van der Waals surface area (Å²) in [6.07, 6.45) is -5.24. The van der Waals surface area contributed by atoms with Crippen molar-refractivity contribution in [3.63, 3.8) is 0 Å². The lowest BCUT2D eigenvalue weighted by molar-refractivity contribution is -0.274. The second kappa shape index (κ2) is 8.66. The van der Waals surface area contributed by atoms with Gasteiger partial charge in [0.15, 0.2) is 11.6 Å². The molecule has 0 fully saturated rings. The van der Waals surface area contributed by atoms with Gasteiger partial charge in [0.2, 0.25) is 10.0 Å². The highest BCUT2D eigenvalue weighted by Crippen LogP contribution is 2.24. The number of methoxy groups -OCH3 is 1. The van der Waals surface area contributed by atoms with E-state index in [1.807, 2.05) is 0 Å². The number of ether oxygens (including phenoxy) is 2. The van der Waals surface area contributed by atoms with Crippen molar-refractivity contribution in [2.75, 3.05) is 7.11 Å². The summed E-state index contributed by atoms with van der Waals surface area (Å²) in [7, 11) is -3.33. The molecule has 2 rings (SSSR count). The Balaban J connectivity index is 2.22. The maximum Gasteiger partial charge on any atom is 0.573 e. The van der Waals surface area contributed by atoms with Gasteiger partial charge in [-0.15, -0.1) is 13.2 Å². The summed E-state index contributed by atoms with van der Waals surface area (Å²) in [5.41, 5.74) is 0.187. The first kappa shape index (κ1) is 22.4. The number of halogens is 4. The number of nitrogens with one attached hydrogen (secondary N) is 1. The van der Waals surface area contributed by atoms with Crippen LogP contribution < -0.4 is 9.46 Å². The Hall–Kier alpha value is -2.86. The number of esters is 1. The van der Waals surface area contributed by atoms with Crippen LogP contribution in [-0.2, 0) is 26.0 Å².